The minimum absolute atomic E-state index is 0.298. The Bertz CT molecular complexity index is 1160. The summed E-state index contributed by atoms with van der Waals surface area (Å²) in [5.41, 5.74) is 3.07. The molecule has 4 aromatic rings. The number of carbonyl (C=O) groups excluding carboxylic acids is 1. The highest BCUT2D eigenvalue weighted by atomic mass is 32.1. The lowest BCUT2D eigenvalue weighted by molar-refractivity contribution is 0.102. The number of aryl methyl sites for hydroxylation is 1. The number of thiazole rings is 1. The second-order valence-electron chi connectivity index (χ2n) is 6.52. The number of rotatable bonds is 6. The molecule has 30 heavy (non-hydrogen) atoms. The first-order valence-electron chi connectivity index (χ1n) is 9.20. The number of benzene rings is 2. The molecule has 0 saturated heterocycles. The summed E-state index contributed by atoms with van der Waals surface area (Å²) in [5.74, 6) is 1.31. The van der Waals surface area contributed by atoms with E-state index >= 15 is 0 Å². The topological polar surface area (TPSA) is 78.3 Å². The van der Waals surface area contributed by atoms with Crippen molar-refractivity contribution in [1.82, 2.24) is 14.8 Å². The Balaban J connectivity index is 1.63. The number of hydrogen-bond acceptors (Lipinski definition) is 6. The van der Waals surface area contributed by atoms with Crippen LogP contribution in [0, 0.1) is 6.92 Å². The Hall–Kier alpha value is -3.65. The zero-order valence-corrected chi connectivity index (χ0v) is 17.6. The van der Waals surface area contributed by atoms with Gasteiger partial charge in [0.2, 0.25) is 5.13 Å². The fraction of sp³-hybridized carbons (Fsp3) is 0.136. The third kappa shape index (κ3) is 4.04. The monoisotopic (exact) mass is 420 g/mol. The van der Waals surface area contributed by atoms with E-state index in [4.69, 9.17) is 9.47 Å². The number of aromatic nitrogens is 3. The van der Waals surface area contributed by atoms with E-state index in [0.717, 1.165) is 17.0 Å². The molecule has 0 unspecified atom stereocenters. The van der Waals surface area contributed by atoms with Gasteiger partial charge in [-0.2, -0.15) is 9.78 Å². The van der Waals surface area contributed by atoms with Crippen LogP contribution >= 0.6 is 11.3 Å². The van der Waals surface area contributed by atoms with Gasteiger partial charge in [-0.3, -0.25) is 4.79 Å². The Morgan fingerprint density at radius 2 is 1.73 bits per heavy atom. The van der Waals surface area contributed by atoms with Gasteiger partial charge in [0.15, 0.2) is 0 Å². The Morgan fingerprint density at radius 3 is 2.40 bits per heavy atom. The van der Waals surface area contributed by atoms with Gasteiger partial charge in [-0.25, -0.2) is 4.98 Å². The van der Waals surface area contributed by atoms with Crippen LogP contribution in [0.25, 0.3) is 16.4 Å². The summed E-state index contributed by atoms with van der Waals surface area (Å²) < 4.78 is 12.1. The number of hydrogen-bond donors (Lipinski definition) is 1. The van der Waals surface area contributed by atoms with Crippen molar-refractivity contribution in [3.05, 3.63) is 71.2 Å². The highest BCUT2D eigenvalue weighted by molar-refractivity contribution is 7.12. The van der Waals surface area contributed by atoms with Crippen LogP contribution in [0.2, 0.25) is 0 Å². The van der Waals surface area contributed by atoms with E-state index < -0.39 is 0 Å². The molecule has 0 bridgehead atoms. The first-order chi connectivity index (χ1) is 14.6. The fourth-order valence-corrected chi connectivity index (χ4v) is 3.76. The lowest BCUT2D eigenvalue weighted by atomic mass is 10.2. The van der Waals surface area contributed by atoms with E-state index in [9.17, 15) is 4.79 Å². The third-order valence-corrected chi connectivity index (χ3v) is 5.25. The number of amides is 1. The van der Waals surface area contributed by atoms with Crippen molar-refractivity contribution < 1.29 is 14.3 Å². The number of carbonyl (C=O) groups is 1. The predicted octanol–water partition coefficient (Wildman–Crippen LogP) is 4.57. The molecule has 0 radical (unpaired) electrons. The molecule has 0 aliphatic heterocycles. The molecular weight excluding hydrogens is 400 g/mol. The minimum atomic E-state index is -0.298. The summed E-state index contributed by atoms with van der Waals surface area (Å²) in [7, 11) is 3.09. The normalized spacial score (nSPS) is 10.6. The molecule has 1 N–H and O–H groups in total. The summed E-state index contributed by atoms with van der Waals surface area (Å²) in [6.07, 6.45) is 0. The maximum atomic E-state index is 12.9. The molecule has 0 aliphatic rings. The largest absolute Gasteiger partial charge is 0.497 e. The van der Waals surface area contributed by atoms with Crippen LogP contribution < -0.4 is 14.8 Å². The summed E-state index contributed by atoms with van der Waals surface area (Å²) >= 11 is 1.46. The number of methoxy groups -OCH3 is 2. The lowest BCUT2D eigenvalue weighted by Crippen LogP contribution is -2.15. The standard InChI is InChI=1S/C22H20N4O3S/c1-14-9-20(24-21(27)16-10-17(28-2)12-18(11-16)29-3)26(25-14)22-23-19(13-30-22)15-7-5-4-6-8-15/h4-13H,1-3H3,(H,24,27). The molecule has 152 valence electrons. The summed E-state index contributed by atoms with van der Waals surface area (Å²) in [6.45, 7) is 1.87. The molecule has 2 heterocycles. The minimum Gasteiger partial charge on any atom is -0.497 e. The van der Waals surface area contributed by atoms with Crippen LogP contribution in [0.4, 0.5) is 5.82 Å². The van der Waals surface area contributed by atoms with Crippen molar-refractivity contribution in [2.45, 2.75) is 6.92 Å². The molecule has 8 heteroatoms. The van der Waals surface area contributed by atoms with Gasteiger partial charge < -0.3 is 14.8 Å². The van der Waals surface area contributed by atoms with E-state index in [1.807, 2.05) is 42.6 Å². The van der Waals surface area contributed by atoms with E-state index in [1.165, 1.54) is 11.3 Å². The average Bonchev–Trinajstić information content (AvgIpc) is 3.40. The average molecular weight is 420 g/mol. The number of anilines is 1. The Labute approximate surface area is 177 Å². The fourth-order valence-electron chi connectivity index (χ4n) is 2.96. The smallest absolute Gasteiger partial charge is 0.257 e. The summed E-state index contributed by atoms with van der Waals surface area (Å²) in [6, 6.07) is 16.8. The molecule has 2 aromatic heterocycles. The van der Waals surface area contributed by atoms with Gasteiger partial charge in [-0.05, 0) is 19.1 Å². The van der Waals surface area contributed by atoms with Crippen LogP contribution in [0.3, 0.4) is 0 Å². The zero-order valence-electron chi connectivity index (χ0n) is 16.7. The maximum Gasteiger partial charge on any atom is 0.257 e. The van der Waals surface area contributed by atoms with Crippen LogP contribution in [-0.2, 0) is 0 Å². The summed E-state index contributed by atoms with van der Waals surface area (Å²) in [5, 5.41) is 10.1. The summed E-state index contributed by atoms with van der Waals surface area (Å²) in [4.78, 5) is 17.6. The number of ether oxygens (including phenoxy) is 2. The molecule has 7 nitrogen and oxygen atoms in total. The van der Waals surface area contributed by atoms with Gasteiger partial charge in [-0.15, -0.1) is 11.3 Å². The van der Waals surface area contributed by atoms with Gasteiger partial charge >= 0.3 is 0 Å². The molecule has 4 rings (SSSR count). The number of nitrogens with zero attached hydrogens (tertiary/aromatic N) is 3. The molecule has 0 spiro atoms. The van der Waals surface area contributed by atoms with Gasteiger partial charge in [0.05, 0.1) is 25.6 Å². The van der Waals surface area contributed by atoms with Gasteiger partial charge in [0.1, 0.15) is 17.3 Å². The highest BCUT2D eigenvalue weighted by Crippen LogP contribution is 2.27. The van der Waals surface area contributed by atoms with Crippen LogP contribution in [0.5, 0.6) is 11.5 Å². The van der Waals surface area contributed by atoms with E-state index in [2.05, 4.69) is 15.4 Å². The molecule has 0 saturated carbocycles. The third-order valence-electron chi connectivity index (χ3n) is 4.43. The highest BCUT2D eigenvalue weighted by Gasteiger charge is 2.16. The molecule has 0 aliphatic carbocycles. The van der Waals surface area contributed by atoms with Crippen molar-refractivity contribution in [2.75, 3.05) is 19.5 Å². The maximum absolute atomic E-state index is 12.9. The van der Waals surface area contributed by atoms with Crippen molar-refractivity contribution in [3.63, 3.8) is 0 Å². The van der Waals surface area contributed by atoms with Crippen molar-refractivity contribution in [3.8, 4) is 27.9 Å². The molecular formula is C22H20N4O3S. The van der Waals surface area contributed by atoms with Crippen LogP contribution in [-0.4, -0.2) is 34.9 Å². The predicted molar refractivity (Wildman–Crippen MR) is 117 cm³/mol. The molecule has 1 amide bonds. The Morgan fingerprint density at radius 1 is 1.03 bits per heavy atom. The van der Waals surface area contributed by atoms with Gasteiger partial charge in [0.25, 0.3) is 5.91 Å². The second-order valence-corrected chi connectivity index (χ2v) is 7.36. The first kappa shape index (κ1) is 19.7. The molecule has 2 aromatic carbocycles. The van der Waals surface area contributed by atoms with E-state index in [-0.39, 0.29) is 5.91 Å². The molecule has 0 fully saturated rings. The van der Waals surface area contributed by atoms with Crippen LogP contribution in [0.15, 0.2) is 60.0 Å². The van der Waals surface area contributed by atoms with Gasteiger partial charge in [-0.1, -0.05) is 30.3 Å². The SMILES string of the molecule is COc1cc(OC)cc(C(=O)Nc2cc(C)nn2-c2nc(-c3ccccc3)cs2)c1. The lowest BCUT2D eigenvalue weighted by Gasteiger charge is -2.10. The van der Waals surface area contributed by atoms with Crippen molar-refractivity contribution >= 4 is 23.1 Å². The first-order valence-corrected chi connectivity index (χ1v) is 10.1. The quantitative estimate of drug-likeness (QED) is 0.494. The van der Waals surface area contributed by atoms with Crippen LogP contribution in [0.1, 0.15) is 16.1 Å². The molecule has 0 atom stereocenters. The second kappa shape index (κ2) is 8.38. The van der Waals surface area contributed by atoms with Gasteiger partial charge in [0, 0.05) is 28.6 Å². The van der Waals surface area contributed by atoms with E-state index in [1.54, 1.807) is 43.2 Å². The Kier molecular flexibility index (Phi) is 5.49. The van der Waals surface area contributed by atoms with E-state index in [0.29, 0.717) is 28.0 Å². The number of nitrogens with one attached hydrogen (secondary N) is 1. The van der Waals surface area contributed by atoms with Crippen molar-refractivity contribution in [2.24, 2.45) is 0 Å². The van der Waals surface area contributed by atoms with Crippen molar-refractivity contribution in [1.29, 1.82) is 0 Å². The zero-order chi connectivity index (χ0) is 21.1.